The summed E-state index contributed by atoms with van der Waals surface area (Å²) in [6.45, 7) is 7.16. The highest BCUT2D eigenvalue weighted by atomic mass is 31.2. The molecule has 3 N–H and O–H groups in total. The number of aromatic nitrogens is 3. The summed E-state index contributed by atoms with van der Waals surface area (Å²) >= 11 is 0. The number of unbranched alkanes of at least 4 members (excludes halogenated alkanes) is 16. The quantitative estimate of drug-likeness (QED) is 0.0524. The molecule has 328 valence electrons. The van der Waals surface area contributed by atoms with Gasteiger partial charge in [-0.2, -0.15) is 10.4 Å². The fourth-order valence-electron chi connectivity index (χ4n) is 8.31. The summed E-state index contributed by atoms with van der Waals surface area (Å²) in [6, 6.07) is 9.63. The van der Waals surface area contributed by atoms with E-state index in [1.807, 2.05) is 19.1 Å². The van der Waals surface area contributed by atoms with Crippen molar-refractivity contribution in [3.63, 3.8) is 0 Å². The Morgan fingerprint density at radius 3 is 2.17 bits per heavy atom. The minimum Gasteiger partial charge on any atom is -0.382 e. The van der Waals surface area contributed by atoms with Gasteiger partial charge in [0.15, 0.2) is 11.6 Å². The lowest BCUT2D eigenvalue weighted by Crippen LogP contribution is -2.39. The van der Waals surface area contributed by atoms with Crippen molar-refractivity contribution >= 4 is 19.2 Å². The Labute approximate surface area is 350 Å². The lowest BCUT2D eigenvalue weighted by atomic mass is 9.93. The predicted octanol–water partition coefficient (Wildman–Crippen LogP) is 10.2. The van der Waals surface area contributed by atoms with E-state index in [9.17, 15) is 19.1 Å². The van der Waals surface area contributed by atoms with Crippen molar-refractivity contribution in [2.24, 2.45) is 0 Å². The summed E-state index contributed by atoms with van der Waals surface area (Å²) < 4.78 is 65.4. The SMILES string of the molecule is CCCCCCCCCCCCCCCCCCC[C@H](COP(=O)(O)OC[C@H]1O[C@@](C)(c2ccc3c(N)ncnn23)[C@@H]2OC(C)(C)O[C@@H]21)OCc1cc(F)cc(C#N)c1. The van der Waals surface area contributed by atoms with Crippen molar-refractivity contribution in [2.75, 3.05) is 18.9 Å². The second-order valence-electron chi connectivity index (χ2n) is 16.8. The molecule has 6 atom stereocenters. The molecule has 5 rings (SSSR count). The zero-order valence-corrected chi connectivity index (χ0v) is 36.5. The molecule has 13 nitrogen and oxygen atoms in total. The minimum absolute atomic E-state index is 0.00565. The van der Waals surface area contributed by atoms with Crippen LogP contribution in [0.2, 0.25) is 0 Å². The number of rotatable bonds is 28. The van der Waals surface area contributed by atoms with Crippen molar-refractivity contribution in [3.8, 4) is 6.07 Å². The fourth-order valence-corrected chi connectivity index (χ4v) is 9.07. The minimum atomic E-state index is -4.61. The third-order valence-corrected chi connectivity index (χ3v) is 12.4. The molecule has 15 heteroatoms. The Kier molecular flexibility index (Phi) is 18.1. The average molecular weight is 844 g/mol. The number of ether oxygens (including phenoxy) is 4. The molecule has 1 unspecified atom stereocenters. The smallest absolute Gasteiger partial charge is 0.382 e. The number of phosphoric ester groups is 1. The maximum atomic E-state index is 14.2. The first-order valence-electron chi connectivity index (χ1n) is 21.9. The maximum absolute atomic E-state index is 14.2. The number of nitrogens with zero attached hydrogens (tertiary/aromatic N) is 4. The maximum Gasteiger partial charge on any atom is 0.472 e. The van der Waals surface area contributed by atoms with E-state index < -0.39 is 49.4 Å². The Balaban J connectivity index is 1.08. The zero-order chi connectivity index (χ0) is 42.3. The monoisotopic (exact) mass is 843 g/mol. The van der Waals surface area contributed by atoms with Crippen LogP contribution in [0.1, 0.15) is 160 Å². The van der Waals surface area contributed by atoms with E-state index in [0.717, 1.165) is 31.7 Å². The van der Waals surface area contributed by atoms with Gasteiger partial charge in [0.25, 0.3) is 0 Å². The van der Waals surface area contributed by atoms with E-state index in [4.69, 9.17) is 33.7 Å². The lowest BCUT2D eigenvalue weighted by molar-refractivity contribution is -0.212. The predicted molar refractivity (Wildman–Crippen MR) is 224 cm³/mol. The average Bonchev–Trinajstić information content (AvgIpc) is 3.87. The van der Waals surface area contributed by atoms with Gasteiger partial charge in [-0.25, -0.2) is 18.5 Å². The van der Waals surface area contributed by atoms with E-state index in [1.165, 1.54) is 95.9 Å². The Bertz CT molecular complexity index is 1840. The number of benzene rings is 1. The van der Waals surface area contributed by atoms with Gasteiger partial charge in [-0.1, -0.05) is 116 Å². The molecule has 0 aliphatic carbocycles. The van der Waals surface area contributed by atoms with Crippen molar-refractivity contribution in [3.05, 3.63) is 59.3 Å². The molecule has 0 radical (unpaired) electrons. The van der Waals surface area contributed by atoms with Crippen molar-refractivity contribution in [2.45, 2.75) is 186 Å². The summed E-state index contributed by atoms with van der Waals surface area (Å²) in [7, 11) is -4.61. The van der Waals surface area contributed by atoms with Crippen LogP contribution in [0, 0.1) is 17.1 Å². The summed E-state index contributed by atoms with van der Waals surface area (Å²) in [6.07, 6.45) is 20.7. The molecule has 0 bridgehead atoms. The van der Waals surface area contributed by atoms with E-state index in [1.54, 1.807) is 30.5 Å². The summed E-state index contributed by atoms with van der Waals surface area (Å²) in [5.74, 6) is -1.18. The Hall–Kier alpha value is -2.99. The van der Waals surface area contributed by atoms with E-state index >= 15 is 0 Å². The number of hydrogen-bond acceptors (Lipinski definition) is 11. The van der Waals surface area contributed by atoms with Crippen LogP contribution in [0.3, 0.4) is 0 Å². The lowest BCUT2D eigenvalue weighted by Gasteiger charge is -2.31. The molecule has 2 aliphatic rings. The molecular formula is C44H67FN5O8P. The third-order valence-electron chi connectivity index (χ3n) is 11.5. The molecule has 0 amide bonds. The number of hydrogen-bond donors (Lipinski definition) is 2. The van der Waals surface area contributed by atoms with Crippen LogP contribution in [0.25, 0.3) is 5.52 Å². The van der Waals surface area contributed by atoms with Crippen LogP contribution >= 0.6 is 7.82 Å². The highest BCUT2D eigenvalue weighted by Crippen LogP contribution is 2.51. The molecule has 2 aromatic heterocycles. The number of fused-ring (bicyclic) bond motifs is 2. The van der Waals surface area contributed by atoms with E-state index in [-0.39, 0.29) is 25.4 Å². The fraction of sp³-hybridized carbons (Fsp3) is 0.705. The van der Waals surface area contributed by atoms with Gasteiger partial charge in [0.2, 0.25) is 0 Å². The number of anilines is 1. The van der Waals surface area contributed by atoms with Gasteiger partial charge in [-0.3, -0.25) is 9.05 Å². The first-order valence-corrected chi connectivity index (χ1v) is 23.4. The van der Waals surface area contributed by atoms with Gasteiger partial charge in [-0.15, -0.1) is 0 Å². The van der Waals surface area contributed by atoms with Crippen LogP contribution in [-0.4, -0.2) is 62.9 Å². The first kappa shape index (κ1) is 47.1. The van der Waals surface area contributed by atoms with Gasteiger partial charge in [0.1, 0.15) is 41.6 Å². The largest absolute Gasteiger partial charge is 0.472 e. The summed E-state index contributed by atoms with van der Waals surface area (Å²) in [5.41, 5.74) is 6.92. The number of nitriles is 1. The molecule has 1 aromatic carbocycles. The van der Waals surface area contributed by atoms with Crippen molar-refractivity contribution < 1.29 is 41.8 Å². The number of halogens is 1. The van der Waals surface area contributed by atoms with E-state index in [2.05, 4.69) is 17.0 Å². The van der Waals surface area contributed by atoms with Crippen LogP contribution in [0.15, 0.2) is 36.7 Å². The standard InChI is InChI=1S/C44H67FN5O8P/c1-5-6-7-8-9-10-11-12-13-14-15-16-17-18-19-20-21-22-36(53-29-34-25-33(28-46)26-35(45)27-34)30-54-59(51,52)55-31-38-40-41(58-43(2,3)57-40)44(4,56-38)39-24-23-37-42(47)48-32-49-50(37)39/h23-27,32,36,38,40-41H,5-22,29-31H2,1-4H3,(H,51,52)(H2,47,48,49)/t36-,38-,40-,41-,44+/m1/s1. The zero-order valence-electron chi connectivity index (χ0n) is 35.6. The van der Waals surface area contributed by atoms with Crippen LogP contribution in [-0.2, 0) is 44.8 Å². The normalized spacial score (nSPS) is 22.7. The van der Waals surface area contributed by atoms with Crippen LogP contribution in [0.4, 0.5) is 10.2 Å². The molecule has 0 saturated carbocycles. The Morgan fingerprint density at radius 2 is 1.54 bits per heavy atom. The van der Waals surface area contributed by atoms with E-state index in [0.29, 0.717) is 29.0 Å². The second kappa shape index (κ2) is 22.7. The van der Waals surface area contributed by atoms with Gasteiger partial charge >= 0.3 is 7.82 Å². The molecule has 2 fully saturated rings. The Morgan fingerprint density at radius 1 is 0.915 bits per heavy atom. The number of phosphoric acid groups is 1. The van der Waals surface area contributed by atoms with Crippen LogP contribution < -0.4 is 5.73 Å². The summed E-state index contributed by atoms with van der Waals surface area (Å²) in [4.78, 5) is 14.9. The van der Waals surface area contributed by atoms with Crippen molar-refractivity contribution in [1.82, 2.24) is 14.6 Å². The highest BCUT2D eigenvalue weighted by Gasteiger charge is 2.62. The molecule has 2 aliphatic heterocycles. The molecular weight excluding hydrogens is 776 g/mol. The highest BCUT2D eigenvalue weighted by molar-refractivity contribution is 7.47. The molecule has 59 heavy (non-hydrogen) atoms. The van der Waals surface area contributed by atoms with Crippen LogP contribution in [0.5, 0.6) is 0 Å². The van der Waals surface area contributed by atoms with Gasteiger partial charge < -0.3 is 29.6 Å². The van der Waals surface area contributed by atoms with Gasteiger partial charge in [0, 0.05) is 0 Å². The van der Waals surface area contributed by atoms with Gasteiger partial charge in [0.05, 0.1) is 43.3 Å². The second-order valence-corrected chi connectivity index (χ2v) is 18.3. The van der Waals surface area contributed by atoms with Gasteiger partial charge in [-0.05, 0) is 63.1 Å². The molecule has 2 saturated heterocycles. The summed E-state index contributed by atoms with van der Waals surface area (Å²) in [5, 5.41) is 13.7. The number of nitrogen functional groups attached to an aromatic ring is 1. The molecule has 4 heterocycles. The van der Waals surface area contributed by atoms with Crippen molar-refractivity contribution in [1.29, 1.82) is 5.26 Å². The topological polar surface area (TPSA) is 173 Å². The number of nitrogens with two attached hydrogens (primary N) is 1. The first-order chi connectivity index (χ1) is 28.3. The third kappa shape index (κ3) is 14.0. The molecule has 3 aromatic rings. The molecule has 0 spiro atoms.